The molecule has 0 unspecified atom stereocenters. The standard InChI is InChI=1S/C26H30N8O3/c1-15-20(12-30-34(15)17-5-7-28-8-6-17)21-13-29-25(27)24(31-21)22-14-33(2)26(35)23(32-22)16-9-18(36-3)11-19(10-16)37-4/h9-14,17,28H,5-8H2,1-4H3,(H2,27,29). The van der Waals surface area contributed by atoms with Crippen LogP contribution in [-0.4, -0.2) is 56.6 Å². The fourth-order valence-electron chi connectivity index (χ4n) is 4.66. The Kier molecular flexibility index (Phi) is 6.62. The third kappa shape index (κ3) is 4.65. The van der Waals surface area contributed by atoms with Crippen molar-refractivity contribution in [3.05, 3.63) is 52.8 Å². The molecule has 5 rings (SSSR count). The molecule has 0 amide bonds. The van der Waals surface area contributed by atoms with Crippen molar-refractivity contribution in [2.45, 2.75) is 25.8 Å². The molecule has 0 radical (unpaired) electrons. The molecule has 192 valence electrons. The van der Waals surface area contributed by atoms with Gasteiger partial charge in [0.05, 0.1) is 38.3 Å². The number of nitrogens with one attached hydrogen (secondary N) is 1. The summed E-state index contributed by atoms with van der Waals surface area (Å²) in [6, 6.07) is 5.56. The molecule has 0 saturated carbocycles. The van der Waals surface area contributed by atoms with Crippen LogP contribution in [0.25, 0.3) is 33.9 Å². The molecule has 37 heavy (non-hydrogen) atoms. The third-order valence-corrected chi connectivity index (χ3v) is 6.71. The van der Waals surface area contributed by atoms with Crippen LogP contribution in [0.4, 0.5) is 5.82 Å². The second-order valence-corrected chi connectivity index (χ2v) is 9.05. The number of piperidine rings is 1. The minimum Gasteiger partial charge on any atom is -0.497 e. The molecule has 1 aliphatic heterocycles. The van der Waals surface area contributed by atoms with Gasteiger partial charge in [0.2, 0.25) is 0 Å². The Morgan fingerprint density at radius 3 is 2.35 bits per heavy atom. The highest BCUT2D eigenvalue weighted by Crippen LogP contribution is 2.31. The summed E-state index contributed by atoms with van der Waals surface area (Å²) in [4.78, 5) is 27.0. The summed E-state index contributed by atoms with van der Waals surface area (Å²) in [6.45, 7) is 4.00. The van der Waals surface area contributed by atoms with E-state index in [1.165, 1.54) is 4.57 Å². The van der Waals surface area contributed by atoms with Crippen LogP contribution in [0.2, 0.25) is 0 Å². The first kappa shape index (κ1) is 24.4. The van der Waals surface area contributed by atoms with Crippen molar-refractivity contribution >= 4 is 5.82 Å². The van der Waals surface area contributed by atoms with Crippen molar-refractivity contribution < 1.29 is 9.47 Å². The molecule has 4 aromatic rings. The number of nitrogens with zero attached hydrogens (tertiary/aromatic N) is 6. The second kappa shape index (κ2) is 10.0. The van der Waals surface area contributed by atoms with Gasteiger partial charge in [0.25, 0.3) is 5.56 Å². The Labute approximate surface area is 214 Å². The summed E-state index contributed by atoms with van der Waals surface area (Å²) in [5, 5.41) is 8.05. The minimum absolute atomic E-state index is 0.215. The predicted molar refractivity (Wildman–Crippen MR) is 141 cm³/mol. The quantitative estimate of drug-likeness (QED) is 0.408. The lowest BCUT2D eigenvalue weighted by atomic mass is 10.1. The first-order valence-corrected chi connectivity index (χ1v) is 12.1. The van der Waals surface area contributed by atoms with Crippen LogP contribution in [0, 0.1) is 6.92 Å². The van der Waals surface area contributed by atoms with E-state index in [-0.39, 0.29) is 17.1 Å². The molecule has 3 aromatic heterocycles. The molecule has 1 aromatic carbocycles. The summed E-state index contributed by atoms with van der Waals surface area (Å²) in [5.41, 5.74) is 10.1. The minimum atomic E-state index is -0.277. The van der Waals surface area contributed by atoms with E-state index in [1.807, 2.05) is 13.1 Å². The zero-order valence-corrected chi connectivity index (χ0v) is 21.4. The molecule has 3 N–H and O–H groups in total. The van der Waals surface area contributed by atoms with Crippen LogP contribution in [0.15, 0.2) is 41.6 Å². The molecule has 11 heteroatoms. The summed E-state index contributed by atoms with van der Waals surface area (Å²) in [7, 11) is 4.77. The van der Waals surface area contributed by atoms with Gasteiger partial charge in [0, 0.05) is 36.1 Å². The van der Waals surface area contributed by atoms with Crippen molar-refractivity contribution in [1.29, 1.82) is 0 Å². The van der Waals surface area contributed by atoms with Gasteiger partial charge < -0.3 is 25.1 Å². The molecule has 1 saturated heterocycles. The van der Waals surface area contributed by atoms with Crippen molar-refractivity contribution in [1.82, 2.24) is 34.6 Å². The van der Waals surface area contributed by atoms with Crippen LogP contribution in [0.5, 0.6) is 11.5 Å². The number of aromatic nitrogens is 6. The average molecular weight is 503 g/mol. The Balaban J connectivity index is 1.59. The molecular weight excluding hydrogens is 472 g/mol. The zero-order chi connectivity index (χ0) is 26.1. The molecule has 1 aliphatic rings. The molecule has 0 aliphatic carbocycles. The lowest BCUT2D eigenvalue weighted by Gasteiger charge is -2.24. The number of ether oxygens (including phenoxy) is 2. The Hall–Kier alpha value is -4.25. The third-order valence-electron chi connectivity index (χ3n) is 6.71. The maximum atomic E-state index is 13.1. The maximum Gasteiger partial charge on any atom is 0.276 e. The van der Waals surface area contributed by atoms with Gasteiger partial charge in [-0.15, -0.1) is 0 Å². The summed E-state index contributed by atoms with van der Waals surface area (Å²) in [5.74, 6) is 1.31. The number of benzene rings is 1. The molecule has 1 fully saturated rings. The highest BCUT2D eigenvalue weighted by molar-refractivity contribution is 5.73. The van der Waals surface area contributed by atoms with Gasteiger partial charge in [0.15, 0.2) is 5.82 Å². The van der Waals surface area contributed by atoms with Gasteiger partial charge in [0.1, 0.15) is 28.6 Å². The van der Waals surface area contributed by atoms with E-state index < -0.39 is 0 Å². The Bertz CT molecular complexity index is 1480. The van der Waals surface area contributed by atoms with Crippen molar-refractivity contribution in [2.24, 2.45) is 7.05 Å². The predicted octanol–water partition coefficient (Wildman–Crippen LogP) is 2.60. The number of hydrogen-bond acceptors (Lipinski definition) is 9. The van der Waals surface area contributed by atoms with Crippen molar-refractivity contribution in [2.75, 3.05) is 33.0 Å². The lowest BCUT2D eigenvalue weighted by molar-refractivity contribution is 0.338. The van der Waals surface area contributed by atoms with E-state index in [4.69, 9.17) is 20.2 Å². The number of methoxy groups -OCH3 is 2. The van der Waals surface area contributed by atoms with Crippen molar-refractivity contribution in [3.63, 3.8) is 0 Å². The number of nitrogen functional groups attached to an aromatic ring is 1. The molecule has 11 nitrogen and oxygen atoms in total. The van der Waals surface area contributed by atoms with Gasteiger partial charge in [-0.2, -0.15) is 5.10 Å². The van der Waals surface area contributed by atoms with Gasteiger partial charge in [-0.25, -0.2) is 15.0 Å². The molecular formula is C26H30N8O3. The van der Waals surface area contributed by atoms with E-state index in [1.54, 1.807) is 51.9 Å². The van der Waals surface area contributed by atoms with E-state index in [0.29, 0.717) is 40.2 Å². The number of anilines is 1. The average Bonchev–Trinajstić information content (AvgIpc) is 3.31. The highest BCUT2D eigenvalue weighted by Gasteiger charge is 2.21. The van der Waals surface area contributed by atoms with Gasteiger partial charge in [-0.1, -0.05) is 0 Å². The number of rotatable bonds is 6. The first-order valence-electron chi connectivity index (χ1n) is 12.1. The normalized spacial score (nSPS) is 14.1. The van der Waals surface area contributed by atoms with Crippen LogP contribution >= 0.6 is 0 Å². The summed E-state index contributed by atoms with van der Waals surface area (Å²) >= 11 is 0. The second-order valence-electron chi connectivity index (χ2n) is 9.05. The fourth-order valence-corrected chi connectivity index (χ4v) is 4.66. The highest BCUT2D eigenvalue weighted by atomic mass is 16.5. The van der Waals surface area contributed by atoms with E-state index >= 15 is 0 Å². The number of nitrogens with two attached hydrogens (primary N) is 1. The number of aryl methyl sites for hydroxylation is 1. The van der Waals surface area contributed by atoms with Crippen LogP contribution in [0.1, 0.15) is 24.6 Å². The smallest absolute Gasteiger partial charge is 0.276 e. The molecule has 0 spiro atoms. The molecule has 4 heterocycles. The number of hydrogen-bond donors (Lipinski definition) is 2. The Morgan fingerprint density at radius 1 is 1.00 bits per heavy atom. The fraction of sp³-hybridized carbons (Fsp3) is 0.346. The first-order chi connectivity index (χ1) is 17.9. The maximum absolute atomic E-state index is 13.1. The van der Waals surface area contributed by atoms with Crippen LogP contribution in [0.3, 0.4) is 0 Å². The van der Waals surface area contributed by atoms with E-state index in [0.717, 1.165) is 37.2 Å². The molecule has 0 atom stereocenters. The summed E-state index contributed by atoms with van der Waals surface area (Å²) < 4.78 is 14.3. The van der Waals surface area contributed by atoms with Crippen molar-refractivity contribution in [3.8, 4) is 45.4 Å². The van der Waals surface area contributed by atoms with Crippen LogP contribution in [-0.2, 0) is 7.05 Å². The van der Waals surface area contributed by atoms with Gasteiger partial charge in [-0.05, 0) is 45.0 Å². The van der Waals surface area contributed by atoms with Crippen LogP contribution < -0.4 is 26.1 Å². The largest absolute Gasteiger partial charge is 0.497 e. The lowest BCUT2D eigenvalue weighted by Crippen LogP contribution is -2.30. The van der Waals surface area contributed by atoms with E-state index in [9.17, 15) is 4.79 Å². The van der Waals surface area contributed by atoms with Gasteiger partial charge >= 0.3 is 0 Å². The van der Waals surface area contributed by atoms with E-state index in [2.05, 4.69) is 25.1 Å². The zero-order valence-electron chi connectivity index (χ0n) is 21.4. The monoisotopic (exact) mass is 502 g/mol. The Morgan fingerprint density at radius 2 is 1.68 bits per heavy atom. The van der Waals surface area contributed by atoms with Gasteiger partial charge in [-0.3, -0.25) is 9.48 Å². The molecule has 0 bridgehead atoms. The summed E-state index contributed by atoms with van der Waals surface area (Å²) in [6.07, 6.45) is 7.13. The topological polar surface area (TPSA) is 135 Å². The SMILES string of the molecule is COc1cc(OC)cc(-c2nc(-c3nc(-c4cnn(C5CCNCC5)c4C)cnc3N)cn(C)c2=O)c1.